The lowest BCUT2D eigenvalue weighted by Gasteiger charge is -2.06. The summed E-state index contributed by atoms with van der Waals surface area (Å²) in [4.78, 5) is 23.3. The Morgan fingerprint density at radius 2 is 2.08 bits per heavy atom. The van der Waals surface area contributed by atoms with Crippen LogP contribution in [0.3, 0.4) is 0 Å². The van der Waals surface area contributed by atoms with E-state index >= 15 is 0 Å². The standard InChI is InChI=1S/C16H16N6OS/c1-9-10(2)24-15-12(9)14(18-8-19-15)17-6-11-7-20-22-5-4-21(3)16(23)13(11)22/h4-5,7-8H,6H2,1-3H3,(H,17,18,19). The van der Waals surface area contributed by atoms with Gasteiger partial charge in [-0.15, -0.1) is 11.3 Å². The van der Waals surface area contributed by atoms with Crippen LogP contribution in [0.2, 0.25) is 0 Å². The van der Waals surface area contributed by atoms with Crippen LogP contribution < -0.4 is 10.9 Å². The number of hydrogen-bond acceptors (Lipinski definition) is 6. The topological polar surface area (TPSA) is 77.1 Å². The van der Waals surface area contributed by atoms with Gasteiger partial charge in [0.05, 0.1) is 11.6 Å². The van der Waals surface area contributed by atoms with Gasteiger partial charge in [0, 0.05) is 36.4 Å². The summed E-state index contributed by atoms with van der Waals surface area (Å²) >= 11 is 1.66. The molecule has 0 amide bonds. The van der Waals surface area contributed by atoms with E-state index in [2.05, 4.69) is 34.2 Å². The van der Waals surface area contributed by atoms with Crippen LogP contribution in [0.15, 0.2) is 29.7 Å². The van der Waals surface area contributed by atoms with Gasteiger partial charge in [0.25, 0.3) is 5.56 Å². The monoisotopic (exact) mass is 340 g/mol. The molecule has 0 saturated heterocycles. The molecule has 4 heterocycles. The maximum absolute atomic E-state index is 12.3. The molecule has 0 atom stereocenters. The molecular weight excluding hydrogens is 324 g/mol. The zero-order valence-electron chi connectivity index (χ0n) is 13.6. The summed E-state index contributed by atoms with van der Waals surface area (Å²) in [6, 6.07) is 0. The predicted molar refractivity (Wildman–Crippen MR) is 94.6 cm³/mol. The average Bonchev–Trinajstić information content (AvgIpc) is 3.11. The van der Waals surface area contributed by atoms with Crippen LogP contribution in [0, 0.1) is 13.8 Å². The lowest BCUT2D eigenvalue weighted by molar-refractivity contribution is 0.819. The quantitative estimate of drug-likeness (QED) is 0.619. The minimum absolute atomic E-state index is 0.0674. The molecule has 8 heteroatoms. The van der Waals surface area contributed by atoms with Crippen LogP contribution in [0.5, 0.6) is 0 Å². The number of fused-ring (bicyclic) bond motifs is 2. The second-order valence-electron chi connectivity index (χ2n) is 5.72. The van der Waals surface area contributed by atoms with Crippen LogP contribution in [0.1, 0.15) is 16.0 Å². The van der Waals surface area contributed by atoms with Crippen LogP contribution >= 0.6 is 11.3 Å². The predicted octanol–water partition coefficient (Wildman–Crippen LogP) is 2.27. The highest BCUT2D eigenvalue weighted by Gasteiger charge is 2.13. The van der Waals surface area contributed by atoms with Crippen LogP contribution in [-0.2, 0) is 13.6 Å². The number of aromatic nitrogens is 5. The van der Waals surface area contributed by atoms with Crippen molar-refractivity contribution in [1.82, 2.24) is 24.1 Å². The van der Waals surface area contributed by atoms with Gasteiger partial charge in [0.15, 0.2) is 0 Å². The first-order valence-electron chi connectivity index (χ1n) is 7.52. The van der Waals surface area contributed by atoms with Crippen molar-refractivity contribution in [3.63, 3.8) is 0 Å². The Hall–Kier alpha value is -2.74. The van der Waals surface area contributed by atoms with E-state index in [1.165, 1.54) is 10.4 Å². The van der Waals surface area contributed by atoms with Crippen molar-refractivity contribution in [2.24, 2.45) is 7.05 Å². The summed E-state index contributed by atoms with van der Waals surface area (Å²) in [5, 5.41) is 8.63. The Kier molecular flexibility index (Phi) is 3.34. The van der Waals surface area contributed by atoms with Gasteiger partial charge in [-0.05, 0) is 19.4 Å². The summed E-state index contributed by atoms with van der Waals surface area (Å²) in [5.41, 5.74) is 2.54. The second kappa shape index (κ2) is 5.41. The highest BCUT2D eigenvalue weighted by molar-refractivity contribution is 7.18. The first-order valence-corrected chi connectivity index (χ1v) is 8.34. The minimum atomic E-state index is -0.0674. The molecule has 1 N–H and O–H groups in total. The molecule has 4 rings (SSSR count). The van der Waals surface area contributed by atoms with E-state index in [4.69, 9.17) is 0 Å². The Balaban J connectivity index is 1.74. The third-order valence-corrected chi connectivity index (χ3v) is 5.35. The summed E-state index contributed by atoms with van der Waals surface area (Å²) < 4.78 is 3.16. The Labute approximate surface area is 141 Å². The van der Waals surface area contributed by atoms with E-state index < -0.39 is 0 Å². The van der Waals surface area contributed by atoms with E-state index in [0.29, 0.717) is 12.1 Å². The Morgan fingerprint density at radius 1 is 1.25 bits per heavy atom. The SMILES string of the molecule is Cc1sc2ncnc(NCc3cnn4ccn(C)c(=O)c34)c2c1C. The Morgan fingerprint density at radius 3 is 2.92 bits per heavy atom. The van der Waals surface area contributed by atoms with Crippen molar-refractivity contribution in [2.45, 2.75) is 20.4 Å². The molecule has 0 aliphatic heterocycles. The van der Waals surface area contributed by atoms with E-state index in [1.807, 2.05) is 0 Å². The fraction of sp³-hybridized carbons (Fsp3) is 0.250. The van der Waals surface area contributed by atoms with E-state index in [-0.39, 0.29) is 5.56 Å². The van der Waals surface area contributed by atoms with Crippen molar-refractivity contribution in [3.05, 3.63) is 51.3 Å². The van der Waals surface area contributed by atoms with Crippen molar-refractivity contribution in [1.29, 1.82) is 0 Å². The van der Waals surface area contributed by atoms with Gasteiger partial charge in [-0.2, -0.15) is 5.10 Å². The van der Waals surface area contributed by atoms with Gasteiger partial charge < -0.3 is 9.88 Å². The van der Waals surface area contributed by atoms with Gasteiger partial charge in [-0.3, -0.25) is 4.79 Å². The van der Waals surface area contributed by atoms with Crippen molar-refractivity contribution >= 4 is 32.9 Å². The molecule has 0 fully saturated rings. The van der Waals surface area contributed by atoms with E-state index in [9.17, 15) is 4.79 Å². The molecule has 0 saturated carbocycles. The zero-order valence-corrected chi connectivity index (χ0v) is 14.4. The highest BCUT2D eigenvalue weighted by atomic mass is 32.1. The van der Waals surface area contributed by atoms with E-state index in [0.717, 1.165) is 21.6 Å². The minimum Gasteiger partial charge on any atom is -0.365 e. The summed E-state index contributed by atoms with van der Waals surface area (Å²) in [7, 11) is 1.73. The molecule has 0 spiro atoms. The first kappa shape index (κ1) is 14.8. The van der Waals surface area contributed by atoms with Crippen molar-refractivity contribution in [2.75, 3.05) is 5.32 Å². The number of anilines is 1. The van der Waals surface area contributed by atoms with Crippen molar-refractivity contribution in [3.8, 4) is 0 Å². The number of nitrogens with one attached hydrogen (secondary N) is 1. The van der Waals surface area contributed by atoms with Crippen LogP contribution in [0.25, 0.3) is 15.7 Å². The van der Waals surface area contributed by atoms with Gasteiger partial charge in [0.2, 0.25) is 0 Å². The lowest BCUT2D eigenvalue weighted by atomic mass is 10.2. The smallest absolute Gasteiger partial charge is 0.276 e. The number of hydrogen-bond donors (Lipinski definition) is 1. The molecule has 0 aromatic carbocycles. The van der Waals surface area contributed by atoms with Gasteiger partial charge >= 0.3 is 0 Å². The normalized spacial score (nSPS) is 11.5. The average molecular weight is 340 g/mol. The fourth-order valence-electron chi connectivity index (χ4n) is 2.77. The zero-order chi connectivity index (χ0) is 16.8. The number of thiophene rings is 1. The molecule has 0 aliphatic rings. The second-order valence-corrected chi connectivity index (χ2v) is 6.92. The maximum atomic E-state index is 12.3. The van der Waals surface area contributed by atoms with Gasteiger partial charge in [-0.1, -0.05) is 0 Å². The molecule has 0 unspecified atom stereocenters. The van der Waals surface area contributed by atoms with Crippen LogP contribution in [0.4, 0.5) is 5.82 Å². The number of rotatable bonds is 3. The number of nitrogens with zero attached hydrogens (tertiary/aromatic N) is 5. The summed E-state index contributed by atoms with van der Waals surface area (Å²) in [6.45, 7) is 4.64. The fourth-order valence-corrected chi connectivity index (χ4v) is 3.77. The molecule has 0 aliphatic carbocycles. The number of aryl methyl sites for hydroxylation is 3. The van der Waals surface area contributed by atoms with Crippen molar-refractivity contribution < 1.29 is 0 Å². The molecule has 4 aromatic rings. The summed E-state index contributed by atoms with van der Waals surface area (Å²) in [5.74, 6) is 0.786. The lowest BCUT2D eigenvalue weighted by Crippen LogP contribution is -2.19. The molecular formula is C16H16N6OS. The first-order chi connectivity index (χ1) is 11.6. The molecule has 0 bridgehead atoms. The molecule has 0 radical (unpaired) electrons. The van der Waals surface area contributed by atoms with Gasteiger partial charge in [0.1, 0.15) is 22.5 Å². The largest absolute Gasteiger partial charge is 0.365 e. The van der Waals surface area contributed by atoms with E-state index in [1.54, 1.807) is 52.4 Å². The maximum Gasteiger partial charge on any atom is 0.276 e. The third-order valence-electron chi connectivity index (χ3n) is 4.24. The molecule has 122 valence electrons. The molecule has 24 heavy (non-hydrogen) atoms. The van der Waals surface area contributed by atoms with Crippen LogP contribution in [-0.4, -0.2) is 24.1 Å². The Bertz CT molecular complexity index is 1120. The summed E-state index contributed by atoms with van der Waals surface area (Å²) in [6.07, 6.45) is 6.75. The highest BCUT2D eigenvalue weighted by Crippen LogP contribution is 2.32. The van der Waals surface area contributed by atoms with Gasteiger partial charge in [-0.25, -0.2) is 14.5 Å². The third kappa shape index (κ3) is 2.18. The molecule has 7 nitrogen and oxygen atoms in total. The molecule has 4 aromatic heterocycles.